The molecular weight excluding hydrogens is 284 g/mol. The molecule has 1 saturated carbocycles. The van der Waals surface area contributed by atoms with Gasteiger partial charge in [-0.15, -0.1) is 0 Å². The molecule has 114 valence electrons. The van der Waals surface area contributed by atoms with Crippen LogP contribution in [0.4, 0.5) is 11.4 Å². The molecule has 2 aromatic rings. The quantitative estimate of drug-likeness (QED) is 0.862. The van der Waals surface area contributed by atoms with Crippen molar-refractivity contribution in [2.75, 3.05) is 10.2 Å². The van der Waals surface area contributed by atoms with E-state index in [1.54, 1.807) is 0 Å². The molecule has 4 rings (SSSR count). The largest absolute Gasteiger partial charge is 0.344 e. The number of amides is 1. The summed E-state index contributed by atoms with van der Waals surface area (Å²) < 4.78 is 0. The van der Waals surface area contributed by atoms with E-state index >= 15 is 0 Å². The van der Waals surface area contributed by atoms with Crippen LogP contribution in [0.5, 0.6) is 0 Å². The van der Waals surface area contributed by atoms with Crippen molar-refractivity contribution in [3.63, 3.8) is 0 Å². The van der Waals surface area contributed by atoms with Crippen molar-refractivity contribution in [2.45, 2.75) is 25.4 Å². The first-order valence-electron chi connectivity index (χ1n) is 8.03. The van der Waals surface area contributed by atoms with Crippen LogP contribution in [-0.4, -0.2) is 11.9 Å². The standard InChI is InChI=1S/C20H18N2O/c23-20-19(13-12-15-10-11-15)22(14-16-6-2-1-3-7-16)18-9-5-4-8-17(18)21-20/h1-9,15,19H,10-11,14H2,(H,21,23)/t19-/m1/s1. The number of carbonyl (C=O) groups excluding carboxylic acids is 1. The fourth-order valence-electron chi connectivity index (χ4n) is 2.84. The lowest BCUT2D eigenvalue weighted by atomic mass is 10.1. The maximum atomic E-state index is 12.5. The number of anilines is 2. The molecule has 3 nitrogen and oxygen atoms in total. The summed E-state index contributed by atoms with van der Waals surface area (Å²) in [7, 11) is 0. The molecule has 2 aliphatic rings. The second-order valence-corrected chi connectivity index (χ2v) is 6.09. The van der Waals surface area contributed by atoms with Crippen LogP contribution >= 0.6 is 0 Å². The second-order valence-electron chi connectivity index (χ2n) is 6.09. The van der Waals surface area contributed by atoms with E-state index in [0.29, 0.717) is 12.5 Å². The highest BCUT2D eigenvalue weighted by atomic mass is 16.2. The highest BCUT2D eigenvalue weighted by Crippen LogP contribution is 2.33. The van der Waals surface area contributed by atoms with Crippen LogP contribution in [0.1, 0.15) is 18.4 Å². The molecule has 2 aromatic carbocycles. The zero-order valence-electron chi connectivity index (χ0n) is 12.8. The van der Waals surface area contributed by atoms with Crippen LogP contribution in [0.25, 0.3) is 0 Å². The Morgan fingerprint density at radius 3 is 2.52 bits per heavy atom. The summed E-state index contributed by atoms with van der Waals surface area (Å²) in [4.78, 5) is 14.6. The molecule has 0 bridgehead atoms. The van der Waals surface area contributed by atoms with E-state index in [4.69, 9.17) is 0 Å². The minimum Gasteiger partial charge on any atom is -0.344 e. The van der Waals surface area contributed by atoms with Crippen LogP contribution in [-0.2, 0) is 11.3 Å². The van der Waals surface area contributed by atoms with Crippen molar-refractivity contribution in [2.24, 2.45) is 5.92 Å². The van der Waals surface area contributed by atoms with Crippen molar-refractivity contribution in [3.05, 3.63) is 60.2 Å². The Morgan fingerprint density at radius 2 is 1.74 bits per heavy atom. The minimum atomic E-state index is -0.425. The van der Waals surface area contributed by atoms with Gasteiger partial charge in [-0.3, -0.25) is 4.79 Å². The number of hydrogen-bond acceptors (Lipinski definition) is 2. The normalized spacial score (nSPS) is 19.4. The Kier molecular flexibility index (Phi) is 3.51. The maximum absolute atomic E-state index is 12.5. The van der Waals surface area contributed by atoms with Gasteiger partial charge in [0.25, 0.3) is 5.91 Å². The molecule has 0 saturated heterocycles. The molecule has 0 radical (unpaired) electrons. The van der Waals surface area contributed by atoms with E-state index in [1.807, 2.05) is 42.5 Å². The van der Waals surface area contributed by atoms with Crippen LogP contribution in [0.15, 0.2) is 54.6 Å². The van der Waals surface area contributed by atoms with E-state index in [1.165, 1.54) is 5.56 Å². The maximum Gasteiger partial charge on any atom is 0.259 e. The highest BCUT2D eigenvalue weighted by Gasteiger charge is 2.32. The number of fused-ring (bicyclic) bond motifs is 1. The van der Waals surface area contributed by atoms with Gasteiger partial charge >= 0.3 is 0 Å². The Balaban J connectivity index is 1.72. The molecule has 3 heteroatoms. The Labute approximate surface area is 136 Å². The Hall–Kier alpha value is -2.73. The van der Waals surface area contributed by atoms with Crippen LogP contribution < -0.4 is 10.2 Å². The van der Waals surface area contributed by atoms with Gasteiger partial charge in [0, 0.05) is 12.5 Å². The summed E-state index contributed by atoms with van der Waals surface area (Å²) in [5.41, 5.74) is 3.07. The van der Waals surface area contributed by atoms with Gasteiger partial charge in [0.05, 0.1) is 11.4 Å². The van der Waals surface area contributed by atoms with Crippen molar-refractivity contribution in [3.8, 4) is 11.8 Å². The van der Waals surface area contributed by atoms with E-state index < -0.39 is 6.04 Å². The van der Waals surface area contributed by atoms with E-state index in [0.717, 1.165) is 24.2 Å². The fraction of sp³-hybridized carbons (Fsp3) is 0.250. The number of nitrogens with zero attached hydrogens (tertiary/aromatic N) is 1. The molecule has 1 heterocycles. The number of carbonyl (C=O) groups is 1. The van der Waals surface area contributed by atoms with Crippen LogP contribution in [0, 0.1) is 17.8 Å². The van der Waals surface area contributed by atoms with Crippen molar-refractivity contribution in [1.82, 2.24) is 0 Å². The smallest absolute Gasteiger partial charge is 0.259 e. The zero-order valence-corrected chi connectivity index (χ0v) is 12.8. The molecule has 1 N–H and O–H groups in total. The van der Waals surface area contributed by atoms with E-state index in [2.05, 4.69) is 34.2 Å². The van der Waals surface area contributed by atoms with Gasteiger partial charge in [-0.05, 0) is 30.5 Å². The molecule has 1 atom stereocenters. The van der Waals surface area contributed by atoms with Gasteiger partial charge in [-0.2, -0.15) is 0 Å². The predicted octanol–water partition coefficient (Wildman–Crippen LogP) is 3.43. The summed E-state index contributed by atoms with van der Waals surface area (Å²) in [5.74, 6) is 6.91. The third kappa shape index (κ3) is 2.93. The fourth-order valence-corrected chi connectivity index (χ4v) is 2.84. The minimum absolute atomic E-state index is 0.0345. The molecule has 0 spiro atoms. The highest BCUT2D eigenvalue weighted by molar-refractivity contribution is 6.05. The molecule has 0 aromatic heterocycles. The molecule has 23 heavy (non-hydrogen) atoms. The van der Waals surface area contributed by atoms with Gasteiger partial charge in [0.2, 0.25) is 0 Å². The predicted molar refractivity (Wildman–Crippen MR) is 92.0 cm³/mol. The summed E-state index contributed by atoms with van der Waals surface area (Å²) in [6.07, 6.45) is 2.33. The Morgan fingerprint density at radius 1 is 1.00 bits per heavy atom. The van der Waals surface area contributed by atoms with E-state index in [-0.39, 0.29) is 5.91 Å². The van der Waals surface area contributed by atoms with Crippen molar-refractivity contribution in [1.29, 1.82) is 0 Å². The van der Waals surface area contributed by atoms with Gasteiger partial charge in [-0.1, -0.05) is 54.3 Å². The van der Waals surface area contributed by atoms with E-state index in [9.17, 15) is 4.79 Å². The lowest BCUT2D eigenvalue weighted by Crippen LogP contribution is -2.46. The first-order chi connectivity index (χ1) is 11.3. The van der Waals surface area contributed by atoms with Gasteiger partial charge in [-0.25, -0.2) is 0 Å². The molecule has 0 unspecified atom stereocenters. The number of para-hydroxylation sites is 2. The summed E-state index contributed by atoms with van der Waals surface area (Å²) in [6, 6.07) is 17.7. The first kappa shape index (κ1) is 13.9. The molecule has 1 aliphatic heterocycles. The zero-order chi connectivity index (χ0) is 15.6. The monoisotopic (exact) mass is 302 g/mol. The topological polar surface area (TPSA) is 32.3 Å². The summed E-state index contributed by atoms with van der Waals surface area (Å²) in [6.45, 7) is 0.676. The van der Waals surface area contributed by atoms with Gasteiger partial charge in [0.15, 0.2) is 6.04 Å². The van der Waals surface area contributed by atoms with Crippen LogP contribution in [0.3, 0.4) is 0 Å². The number of benzene rings is 2. The average Bonchev–Trinajstić information content (AvgIpc) is 3.39. The molecular formula is C20H18N2O. The first-order valence-corrected chi connectivity index (χ1v) is 8.03. The summed E-state index contributed by atoms with van der Waals surface area (Å²) in [5, 5.41) is 2.99. The molecule has 1 fully saturated rings. The average molecular weight is 302 g/mol. The molecule has 1 amide bonds. The third-order valence-corrected chi connectivity index (χ3v) is 4.23. The van der Waals surface area contributed by atoms with Crippen molar-refractivity contribution < 1.29 is 4.79 Å². The van der Waals surface area contributed by atoms with Crippen molar-refractivity contribution >= 4 is 17.3 Å². The third-order valence-electron chi connectivity index (χ3n) is 4.23. The number of hydrogen-bond donors (Lipinski definition) is 1. The van der Waals surface area contributed by atoms with Gasteiger partial charge in [0.1, 0.15) is 0 Å². The summed E-state index contributed by atoms with van der Waals surface area (Å²) >= 11 is 0. The molecule has 1 aliphatic carbocycles. The lowest BCUT2D eigenvalue weighted by Gasteiger charge is -2.35. The van der Waals surface area contributed by atoms with Crippen LogP contribution in [0.2, 0.25) is 0 Å². The SMILES string of the molecule is O=C1Nc2ccccc2N(Cc2ccccc2)[C@@H]1C#CC1CC1. The van der Waals surface area contributed by atoms with Gasteiger partial charge < -0.3 is 10.2 Å². The number of rotatable bonds is 2. The second kappa shape index (κ2) is 5.81. The number of nitrogens with one attached hydrogen (secondary N) is 1. The Bertz CT molecular complexity index is 784. The lowest BCUT2D eigenvalue weighted by molar-refractivity contribution is -0.116.